The van der Waals surface area contributed by atoms with Crippen molar-refractivity contribution in [2.24, 2.45) is 5.92 Å². The lowest BCUT2D eigenvalue weighted by atomic mass is 9.96. The number of carbonyl (C=O) groups is 2. The quantitative estimate of drug-likeness (QED) is 0.679. The van der Waals surface area contributed by atoms with E-state index in [4.69, 9.17) is 4.74 Å². The van der Waals surface area contributed by atoms with E-state index in [1.165, 1.54) is 0 Å². The molecule has 1 aliphatic rings. The van der Waals surface area contributed by atoms with Crippen LogP contribution >= 0.6 is 0 Å². The first-order valence-corrected chi connectivity index (χ1v) is 11.6. The molecule has 1 aromatic carbocycles. The third-order valence-electron chi connectivity index (χ3n) is 4.77. The highest BCUT2D eigenvalue weighted by Crippen LogP contribution is 2.20. The molecular formula is C21H32N2O5S. The van der Waals surface area contributed by atoms with Crippen molar-refractivity contribution in [3.05, 3.63) is 29.8 Å². The number of nitrogens with one attached hydrogen (secondary N) is 1. The Balaban J connectivity index is 1.84. The molecule has 8 heteroatoms. The molecule has 0 aliphatic carbocycles. The Bertz CT molecular complexity index is 804. The van der Waals surface area contributed by atoms with E-state index >= 15 is 0 Å². The van der Waals surface area contributed by atoms with Crippen LogP contribution in [0.15, 0.2) is 29.2 Å². The highest BCUT2D eigenvalue weighted by Gasteiger charge is 2.28. The first-order valence-electron chi connectivity index (χ1n) is 10.1. The number of benzene rings is 1. The van der Waals surface area contributed by atoms with Crippen LogP contribution in [0, 0.1) is 5.92 Å². The van der Waals surface area contributed by atoms with Gasteiger partial charge in [0, 0.05) is 25.0 Å². The number of sulfonamides is 1. The number of piperidine rings is 1. The molecule has 2 rings (SSSR count). The van der Waals surface area contributed by atoms with Crippen LogP contribution in [0.4, 0.5) is 0 Å². The van der Waals surface area contributed by atoms with Gasteiger partial charge in [-0.2, -0.15) is 0 Å². The van der Waals surface area contributed by atoms with Gasteiger partial charge in [-0.25, -0.2) is 13.1 Å². The zero-order valence-corrected chi connectivity index (χ0v) is 18.5. The number of ether oxygens (including phenoxy) is 1. The molecule has 0 atom stereocenters. The molecule has 1 heterocycles. The van der Waals surface area contributed by atoms with Crippen molar-refractivity contribution in [2.45, 2.75) is 63.8 Å². The summed E-state index contributed by atoms with van der Waals surface area (Å²) in [5, 5.41) is 0. The van der Waals surface area contributed by atoms with Gasteiger partial charge in [-0.15, -0.1) is 0 Å². The summed E-state index contributed by atoms with van der Waals surface area (Å²) < 4.78 is 32.4. The molecule has 1 saturated heterocycles. The Labute approximate surface area is 173 Å². The SMILES string of the molecule is CCOC(=O)C1CCN(C(=O)CCc2ccc(S(=O)(=O)NC(C)(C)C)cc2)CC1. The second-order valence-electron chi connectivity index (χ2n) is 8.41. The van der Waals surface area contributed by atoms with E-state index in [-0.39, 0.29) is 22.7 Å². The van der Waals surface area contributed by atoms with Gasteiger partial charge in [0.15, 0.2) is 0 Å². The summed E-state index contributed by atoms with van der Waals surface area (Å²) in [6, 6.07) is 6.63. The molecule has 1 aromatic rings. The maximum atomic E-state index is 12.5. The van der Waals surface area contributed by atoms with Gasteiger partial charge in [0.05, 0.1) is 17.4 Å². The fourth-order valence-corrected chi connectivity index (χ4v) is 4.75. The van der Waals surface area contributed by atoms with Crippen molar-refractivity contribution in [2.75, 3.05) is 19.7 Å². The number of amides is 1. The summed E-state index contributed by atoms with van der Waals surface area (Å²) in [4.78, 5) is 26.3. The Morgan fingerprint density at radius 2 is 1.72 bits per heavy atom. The minimum Gasteiger partial charge on any atom is -0.466 e. The molecule has 1 aliphatic heterocycles. The van der Waals surface area contributed by atoms with Crippen LogP contribution in [0.1, 0.15) is 52.5 Å². The molecule has 0 aromatic heterocycles. The molecule has 0 bridgehead atoms. The van der Waals surface area contributed by atoms with Gasteiger partial charge in [-0.05, 0) is 64.7 Å². The smallest absolute Gasteiger partial charge is 0.309 e. The Morgan fingerprint density at radius 3 is 2.24 bits per heavy atom. The predicted molar refractivity (Wildman–Crippen MR) is 111 cm³/mol. The average Bonchev–Trinajstić information content (AvgIpc) is 2.65. The second kappa shape index (κ2) is 9.71. The molecule has 7 nitrogen and oxygen atoms in total. The summed E-state index contributed by atoms with van der Waals surface area (Å²) in [6.07, 6.45) is 2.18. The molecule has 0 spiro atoms. The lowest BCUT2D eigenvalue weighted by molar-refractivity contribution is -0.151. The number of esters is 1. The minimum atomic E-state index is -3.56. The van der Waals surface area contributed by atoms with Crippen molar-refractivity contribution in [1.29, 1.82) is 0 Å². The standard InChI is InChI=1S/C21H32N2O5S/c1-5-28-20(25)17-12-14-23(15-13-17)19(24)11-8-16-6-9-18(10-7-16)29(26,27)22-21(2,3)4/h6-7,9-10,17,22H,5,8,11-15H2,1-4H3. The highest BCUT2D eigenvalue weighted by molar-refractivity contribution is 7.89. The van der Waals surface area contributed by atoms with Gasteiger partial charge in [-0.1, -0.05) is 12.1 Å². The normalized spacial score (nSPS) is 15.9. The summed E-state index contributed by atoms with van der Waals surface area (Å²) in [5.41, 5.74) is 0.361. The van der Waals surface area contributed by atoms with Gasteiger partial charge >= 0.3 is 5.97 Å². The van der Waals surface area contributed by atoms with E-state index in [1.807, 2.05) is 0 Å². The van der Waals surface area contributed by atoms with Crippen LogP contribution in [-0.2, 0) is 30.8 Å². The van der Waals surface area contributed by atoms with Crippen molar-refractivity contribution >= 4 is 21.9 Å². The monoisotopic (exact) mass is 424 g/mol. The first kappa shape index (κ1) is 23.3. The minimum absolute atomic E-state index is 0.0541. The molecule has 1 fully saturated rings. The second-order valence-corrected chi connectivity index (χ2v) is 10.1. The number of hydrogen-bond donors (Lipinski definition) is 1. The third-order valence-corrected chi connectivity index (χ3v) is 6.54. The molecule has 1 amide bonds. The Kier molecular flexibility index (Phi) is 7.82. The number of likely N-dealkylation sites (tertiary alicyclic amines) is 1. The van der Waals surface area contributed by atoms with Gasteiger partial charge < -0.3 is 9.64 Å². The van der Waals surface area contributed by atoms with Crippen LogP contribution < -0.4 is 4.72 Å². The van der Waals surface area contributed by atoms with Crippen molar-refractivity contribution in [3.8, 4) is 0 Å². The summed E-state index contributed by atoms with van der Waals surface area (Å²) >= 11 is 0. The van der Waals surface area contributed by atoms with E-state index in [0.717, 1.165) is 5.56 Å². The van der Waals surface area contributed by atoms with Gasteiger partial charge in [-0.3, -0.25) is 9.59 Å². The predicted octanol–water partition coefficient (Wildman–Crippen LogP) is 2.50. The summed E-state index contributed by atoms with van der Waals surface area (Å²) in [7, 11) is -3.56. The van der Waals surface area contributed by atoms with Crippen molar-refractivity contribution < 1.29 is 22.7 Å². The molecule has 0 unspecified atom stereocenters. The molecule has 162 valence electrons. The zero-order valence-electron chi connectivity index (χ0n) is 17.7. The third kappa shape index (κ3) is 7.12. The van der Waals surface area contributed by atoms with Gasteiger partial charge in [0.25, 0.3) is 0 Å². The maximum absolute atomic E-state index is 12.5. The van der Waals surface area contributed by atoms with Crippen LogP contribution in [0.3, 0.4) is 0 Å². The van der Waals surface area contributed by atoms with E-state index in [9.17, 15) is 18.0 Å². The van der Waals surface area contributed by atoms with E-state index in [2.05, 4.69) is 4.72 Å². The largest absolute Gasteiger partial charge is 0.466 e. The first-order chi connectivity index (χ1) is 13.5. The fourth-order valence-electron chi connectivity index (χ4n) is 3.33. The number of nitrogens with zero attached hydrogens (tertiary/aromatic N) is 1. The Morgan fingerprint density at radius 1 is 1.14 bits per heavy atom. The maximum Gasteiger partial charge on any atom is 0.309 e. The number of rotatable bonds is 7. The van der Waals surface area contributed by atoms with E-state index in [1.54, 1.807) is 56.9 Å². The molecular weight excluding hydrogens is 392 g/mol. The van der Waals surface area contributed by atoms with Crippen molar-refractivity contribution in [1.82, 2.24) is 9.62 Å². The fraction of sp³-hybridized carbons (Fsp3) is 0.619. The summed E-state index contributed by atoms with van der Waals surface area (Å²) in [6.45, 7) is 8.68. The van der Waals surface area contributed by atoms with Crippen LogP contribution in [-0.4, -0.2) is 50.4 Å². The van der Waals surface area contributed by atoms with Crippen molar-refractivity contribution in [3.63, 3.8) is 0 Å². The highest BCUT2D eigenvalue weighted by atomic mass is 32.2. The number of aryl methyl sites for hydroxylation is 1. The molecule has 0 radical (unpaired) electrons. The molecule has 29 heavy (non-hydrogen) atoms. The van der Waals surface area contributed by atoms with Gasteiger partial charge in [0.1, 0.15) is 0 Å². The van der Waals surface area contributed by atoms with E-state index in [0.29, 0.717) is 45.4 Å². The summed E-state index contributed by atoms with van der Waals surface area (Å²) in [5.74, 6) is -0.232. The van der Waals surface area contributed by atoms with Crippen LogP contribution in [0.25, 0.3) is 0 Å². The molecule has 1 N–H and O–H groups in total. The van der Waals surface area contributed by atoms with Crippen LogP contribution in [0.2, 0.25) is 0 Å². The average molecular weight is 425 g/mol. The van der Waals surface area contributed by atoms with E-state index < -0.39 is 15.6 Å². The molecule has 0 saturated carbocycles. The number of hydrogen-bond acceptors (Lipinski definition) is 5. The topological polar surface area (TPSA) is 92.8 Å². The zero-order chi connectivity index (χ0) is 21.7. The lowest BCUT2D eigenvalue weighted by Crippen LogP contribution is -2.40. The number of carbonyl (C=O) groups excluding carboxylic acids is 2. The van der Waals surface area contributed by atoms with Crippen LogP contribution in [0.5, 0.6) is 0 Å². The van der Waals surface area contributed by atoms with Gasteiger partial charge in [0.2, 0.25) is 15.9 Å². The Hall–Kier alpha value is -1.93. The lowest BCUT2D eigenvalue weighted by Gasteiger charge is -2.31.